The third-order valence-electron chi connectivity index (χ3n) is 4.08. The van der Waals surface area contributed by atoms with Gasteiger partial charge in [0.1, 0.15) is 5.60 Å². The summed E-state index contributed by atoms with van der Waals surface area (Å²) in [7, 11) is 0. The molecule has 0 bridgehead atoms. The summed E-state index contributed by atoms with van der Waals surface area (Å²) >= 11 is 0. The van der Waals surface area contributed by atoms with Crippen LogP contribution >= 0.6 is 0 Å². The van der Waals surface area contributed by atoms with Gasteiger partial charge in [0.2, 0.25) is 5.89 Å². The minimum Gasteiger partial charge on any atom is -0.444 e. The lowest BCUT2D eigenvalue weighted by Gasteiger charge is -2.24. The molecule has 0 saturated carbocycles. The highest BCUT2D eigenvalue weighted by atomic mass is 16.6. The van der Waals surface area contributed by atoms with Crippen LogP contribution in [-0.2, 0) is 11.2 Å². The Bertz CT molecular complexity index is 651. The summed E-state index contributed by atoms with van der Waals surface area (Å²) in [5.74, 6) is 2.24. The monoisotopic (exact) mass is 424 g/mol. The number of nitrogens with one attached hydrogen (secondary N) is 3. The number of aromatic nitrogens is 2. The molecule has 30 heavy (non-hydrogen) atoms. The van der Waals surface area contributed by atoms with Gasteiger partial charge < -0.3 is 25.2 Å². The van der Waals surface area contributed by atoms with Crippen molar-refractivity contribution in [1.29, 1.82) is 0 Å². The molecule has 1 aromatic rings. The van der Waals surface area contributed by atoms with Crippen molar-refractivity contribution in [2.24, 2.45) is 4.99 Å². The fourth-order valence-corrected chi connectivity index (χ4v) is 2.58. The maximum Gasteiger partial charge on any atom is 0.407 e. The molecule has 1 aromatic heterocycles. The number of nitrogens with zero attached hydrogens (tertiary/aromatic N) is 3. The molecule has 0 aliphatic rings. The first-order valence-electron chi connectivity index (χ1n) is 11.0. The number of guanidine groups is 1. The lowest BCUT2D eigenvalue weighted by Crippen LogP contribution is -2.49. The number of amides is 1. The van der Waals surface area contributed by atoms with Gasteiger partial charge in [0.25, 0.3) is 0 Å². The number of alkyl carbamates (subject to hydrolysis) is 1. The van der Waals surface area contributed by atoms with Gasteiger partial charge in [-0.05, 0) is 34.1 Å². The van der Waals surface area contributed by atoms with E-state index in [0.29, 0.717) is 37.2 Å². The molecule has 0 aromatic carbocycles. The van der Waals surface area contributed by atoms with Crippen molar-refractivity contribution in [2.45, 2.75) is 91.7 Å². The summed E-state index contributed by atoms with van der Waals surface area (Å²) in [6.07, 6.45) is 3.20. The van der Waals surface area contributed by atoms with E-state index in [0.717, 1.165) is 25.8 Å². The van der Waals surface area contributed by atoms with Gasteiger partial charge in [0.15, 0.2) is 11.8 Å². The number of rotatable bonds is 11. The molecular formula is C21H40N6O3. The van der Waals surface area contributed by atoms with E-state index >= 15 is 0 Å². The number of hydrogen-bond acceptors (Lipinski definition) is 6. The van der Waals surface area contributed by atoms with Crippen LogP contribution in [-0.4, -0.2) is 53.5 Å². The molecule has 0 aliphatic heterocycles. The minimum absolute atomic E-state index is 0.0474. The first-order valence-corrected chi connectivity index (χ1v) is 11.0. The van der Waals surface area contributed by atoms with Gasteiger partial charge in [-0.1, -0.05) is 38.8 Å². The van der Waals surface area contributed by atoms with Crippen LogP contribution < -0.4 is 16.0 Å². The summed E-state index contributed by atoms with van der Waals surface area (Å²) in [5, 5.41) is 13.5. The maximum absolute atomic E-state index is 12.0. The third kappa shape index (κ3) is 11.0. The lowest BCUT2D eigenvalue weighted by molar-refractivity contribution is 0.0522. The van der Waals surface area contributed by atoms with Crippen molar-refractivity contribution < 1.29 is 14.1 Å². The molecule has 9 nitrogen and oxygen atoms in total. The van der Waals surface area contributed by atoms with Crippen molar-refractivity contribution in [3.05, 3.63) is 11.7 Å². The Morgan fingerprint density at radius 3 is 2.53 bits per heavy atom. The number of unbranched alkanes of at least 4 members (excludes halogenated alkanes) is 1. The van der Waals surface area contributed by atoms with Crippen LogP contribution in [0.25, 0.3) is 0 Å². The van der Waals surface area contributed by atoms with Crippen LogP contribution in [0.4, 0.5) is 4.79 Å². The summed E-state index contributed by atoms with van der Waals surface area (Å²) in [5.41, 5.74) is -0.517. The van der Waals surface area contributed by atoms with Crippen LogP contribution in [0.3, 0.4) is 0 Å². The predicted octanol–water partition coefficient (Wildman–Crippen LogP) is 3.37. The largest absolute Gasteiger partial charge is 0.444 e. The second-order valence-electron chi connectivity index (χ2n) is 8.58. The first-order chi connectivity index (χ1) is 14.1. The van der Waals surface area contributed by atoms with E-state index in [1.807, 2.05) is 41.5 Å². The topological polar surface area (TPSA) is 114 Å². The van der Waals surface area contributed by atoms with Gasteiger partial charge in [-0.25, -0.2) is 4.79 Å². The SMILES string of the molecule is CCCCC(CNC(=O)OC(C)(C)C)NC(=NCCc1nc(C(C)C)no1)NCC. The van der Waals surface area contributed by atoms with Crippen LogP contribution in [0.15, 0.2) is 9.52 Å². The molecule has 0 radical (unpaired) electrons. The van der Waals surface area contributed by atoms with E-state index in [1.54, 1.807) is 0 Å². The van der Waals surface area contributed by atoms with Gasteiger partial charge in [0, 0.05) is 31.5 Å². The standard InChI is InChI=1S/C21H40N6O3/c1-8-10-11-16(14-24-20(28)29-21(5,6)7)25-19(22-9-2)23-13-12-17-26-18(15(3)4)27-30-17/h15-16H,8-14H2,1-7H3,(H,24,28)(H2,22,23,25). The van der Waals surface area contributed by atoms with Crippen LogP contribution in [0, 0.1) is 0 Å². The highest BCUT2D eigenvalue weighted by molar-refractivity contribution is 5.80. The zero-order valence-corrected chi connectivity index (χ0v) is 19.7. The van der Waals surface area contributed by atoms with E-state index in [2.05, 4.69) is 38.0 Å². The van der Waals surface area contributed by atoms with Crippen molar-refractivity contribution >= 4 is 12.1 Å². The summed E-state index contributed by atoms with van der Waals surface area (Å²) < 4.78 is 10.6. The van der Waals surface area contributed by atoms with Crippen LogP contribution in [0.1, 0.15) is 85.4 Å². The molecule has 3 N–H and O–H groups in total. The number of hydrogen-bond donors (Lipinski definition) is 3. The van der Waals surface area contributed by atoms with E-state index < -0.39 is 11.7 Å². The van der Waals surface area contributed by atoms with Gasteiger partial charge in [-0.3, -0.25) is 4.99 Å². The predicted molar refractivity (Wildman–Crippen MR) is 119 cm³/mol. The van der Waals surface area contributed by atoms with Gasteiger partial charge in [-0.2, -0.15) is 4.98 Å². The van der Waals surface area contributed by atoms with Gasteiger partial charge in [-0.15, -0.1) is 0 Å². The normalized spacial score (nSPS) is 13.3. The number of carbonyl (C=O) groups is 1. The Labute approximate surface area is 180 Å². The average molecular weight is 425 g/mol. The van der Waals surface area contributed by atoms with Crippen LogP contribution in [0.5, 0.6) is 0 Å². The summed E-state index contributed by atoms with van der Waals surface area (Å²) in [6, 6.07) is 0.0474. The Balaban J connectivity index is 2.65. The smallest absolute Gasteiger partial charge is 0.407 e. The van der Waals surface area contributed by atoms with Crippen molar-refractivity contribution in [3.63, 3.8) is 0 Å². The molecule has 1 amide bonds. The molecule has 1 rings (SSSR count). The minimum atomic E-state index is -0.517. The molecule has 172 valence electrons. The first kappa shape index (κ1) is 25.7. The number of carbonyl (C=O) groups excluding carboxylic acids is 1. The fourth-order valence-electron chi connectivity index (χ4n) is 2.58. The van der Waals surface area contributed by atoms with E-state index in [4.69, 9.17) is 9.26 Å². The molecule has 1 atom stereocenters. The highest BCUT2D eigenvalue weighted by Crippen LogP contribution is 2.10. The Hall–Kier alpha value is -2.32. The van der Waals surface area contributed by atoms with Crippen LogP contribution in [0.2, 0.25) is 0 Å². The van der Waals surface area contributed by atoms with Gasteiger partial charge in [0.05, 0.1) is 6.54 Å². The Morgan fingerprint density at radius 1 is 1.23 bits per heavy atom. The summed E-state index contributed by atoms with van der Waals surface area (Å²) in [6.45, 7) is 15.5. The Morgan fingerprint density at radius 2 is 1.97 bits per heavy atom. The van der Waals surface area contributed by atoms with E-state index in [-0.39, 0.29) is 12.0 Å². The zero-order chi connectivity index (χ0) is 22.6. The molecule has 1 heterocycles. The molecular weight excluding hydrogens is 384 g/mol. The van der Waals surface area contributed by atoms with Gasteiger partial charge >= 0.3 is 6.09 Å². The van der Waals surface area contributed by atoms with E-state index in [1.165, 1.54) is 0 Å². The average Bonchev–Trinajstić information content (AvgIpc) is 3.11. The zero-order valence-electron chi connectivity index (χ0n) is 19.7. The second kappa shape index (κ2) is 13.1. The quantitative estimate of drug-likeness (QED) is 0.368. The second-order valence-corrected chi connectivity index (χ2v) is 8.58. The molecule has 9 heteroatoms. The molecule has 0 fully saturated rings. The van der Waals surface area contributed by atoms with Crippen molar-refractivity contribution in [1.82, 2.24) is 26.1 Å². The maximum atomic E-state index is 12.0. The van der Waals surface area contributed by atoms with E-state index in [9.17, 15) is 4.79 Å². The van der Waals surface area contributed by atoms with Crippen molar-refractivity contribution in [3.8, 4) is 0 Å². The highest BCUT2D eigenvalue weighted by Gasteiger charge is 2.18. The number of aliphatic imine (C=N–C) groups is 1. The Kier molecular flexibility index (Phi) is 11.2. The number of ether oxygens (including phenoxy) is 1. The molecule has 0 saturated heterocycles. The molecule has 0 aliphatic carbocycles. The molecule has 1 unspecified atom stereocenters. The summed E-state index contributed by atoms with van der Waals surface area (Å²) in [4.78, 5) is 21.0. The van der Waals surface area contributed by atoms with Crippen molar-refractivity contribution in [2.75, 3.05) is 19.6 Å². The fraction of sp³-hybridized carbons (Fsp3) is 0.810. The lowest BCUT2D eigenvalue weighted by atomic mass is 10.1. The molecule has 0 spiro atoms. The third-order valence-corrected chi connectivity index (χ3v) is 4.08.